The van der Waals surface area contributed by atoms with Crippen LogP contribution in [0.25, 0.3) is 0 Å². The first-order chi connectivity index (χ1) is 9.99. The second kappa shape index (κ2) is 6.23. The van der Waals surface area contributed by atoms with E-state index < -0.39 is 12.0 Å². The number of carboxylic acids is 1. The number of thiazole rings is 1. The predicted octanol–water partition coefficient (Wildman–Crippen LogP) is 2.80. The molecule has 2 rings (SSSR count). The highest BCUT2D eigenvalue weighted by atomic mass is 32.1. The Bertz CT molecular complexity index is 684. The van der Waals surface area contributed by atoms with Gasteiger partial charge in [0.2, 0.25) is 0 Å². The molecule has 2 aromatic rings. The second-order valence-electron chi connectivity index (χ2n) is 4.09. The van der Waals surface area contributed by atoms with Gasteiger partial charge in [-0.2, -0.15) is 0 Å². The molecule has 0 spiro atoms. The number of urea groups is 1. The molecule has 0 saturated heterocycles. The van der Waals surface area contributed by atoms with Gasteiger partial charge in [-0.3, -0.25) is 5.32 Å². The molecule has 0 unspecified atom stereocenters. The van der Waals surface area contributed by atoms with Gasteiger partial charge in [0.15, 0.2) is 5.13 Å². The average molecular weight is 307 g/mol. The number of hydrogen-bond acceptors (Lipinski definition) is 5. The molecule has 0 atom stereocenters. The van der Waals surface area contributed by atoms with Crippen molar-refractivity contribution in [2.45, 2.75) is 6.92 Å². The number of carboxylic acid groups (broad SMARTS) is 1. The molecule has 0 radical (unpaired) electrons. The van der Waals surface area contributed by atoms with E-state index in [1.807, 2.05) is 12.3 Å². The van der Waals surface area contributed by atoms with Crippen molar-refractivity contribution in [1.29, 1.82) is 0 Å². The molecule has 110 valence electrons. The van der Waals surface area contributed by atoms with E-state index in [4.69, 9.17) is 9.84 Å². The van der Waals surface area contributed by atoms with E-state index in [2.05, 4.69) is 15.6 Å². The van der Waals surface area contributed by atoms with Gasteiger partial charge in [0, 0.05) is 17.1 Å². The van der Waals surface area contributed by atoms with E-state index in [1.54, 1.807) is 0 Å². The van der Waals surface area contributed by atoms with E-state index in [0.29, 0.717) is 10.8 Å². The summed E-state index contributed by atoms with van der Waals surface area (Å²) in [5.74, 6) is -0.925. The molecular weight excluding hydrogens is 294 g/mol. The summed E-state index contributed by atoms with van der Waals surface area (Å²) in [5.41, 5.74) is 1.27. The van der Waals surface area contributed by atoms with Gasteiger partial charge in [0.25, 0.3) is 0 Å². The minimum absolute atomic E-state index is 0.0269. The lowest BCUT2D eigenvalue weighted by Gasteiger charge is -2.09. The normalized spacial score (nSPS) is 10.0. The highest BCUT2D eigenvalue weighted by Crippen LogP contribution is 2.23. The fourth-order valence-corrected chi connectivity index (χ4v) is 2.30. The van der Waals surface area contributed by atoms with Crippen molar-refractivity contribution >= 4 is 34.2 Å². The molecule has 21 heavy (non-hydrogen) atoms. The Hall–Kier alpha value is -2.61. The third-order valence-electron chi connectivity index (χ3n) is 2.53. The highest BCUT2D eigenvalue weighted by Gasteiger charge is 2.12. The van der Waals surface area contributed by atoms with Crippen LogP contribution < -0.4 is 15.4 Å². The van der Waals surface area contributed by atoms with Crippen LogP contribution in [0, 0.1) is 6.92 Å². The zero-order valence-corrected chi connectivity index (χ0v) is 12.2. The number of rotatable bonds is 4. The number of anilines is 2. The van der Waals surface area contributed by atoms with Crippen LogP contribution in [0.5, 0.6) is 5.75 Å². The summed E-state index contributed by atoms with van der Waals surface area (Å²) < 4.78 is 4.99. The van der Waals surface area contributed by atoms with E-state index >= 15 is 0 Å². The zero-order chi connectivity index (χ0) is 15.4. The fraction of sp³-hybridized carbons (Fsp3) is 0.154. The Balaban J connectivity index is 2.08. The van der Waals surface area contributed by atoms with Gasteiger partial charge in [0.1, 0.15) is 11.3 Å². The molecule has 1 aromatic heterocycles. The van der Waals surface area contributed by atoms with Crippen molar-refractivity contribution in [2.24, 2.45) is 0 Å². The summed E-state index contributed by atoms with van der Waals surface area (Å²) in [5, 5.41) is 16.5. The summed E-state index contributed by atoms with van der Waals surface area (Å²) in [6, 6.07) is 3.83. The Morgan fingerprint density at radius 3 is 2.67 bits per heavy atom. The summed E-state index contributed by atoms with van der Waals surface area (Å²) >= 11 is 1.32. The molecule has 0 aliphatic heterocycles. The van der Waals surface area contributed by atoms with E-state index in [-0.39, 0.29) is 11.3 Å². The second-order valence-corrected chi connectivity index (χ2v) is 4.95. The van der Waals surface area contributed by atoms with Crippen molar-refractivity contribution in [1.82, 2.24) is 4.98 Å². The molecule has 1 aromatic carbocycles. The smallest absolute Gasteiger partial charge is 0.339 e. The molecular formula is C13H13N3O4S. The molecule has 3 N–H and O–H groups in total. The summed E-state index contributed by atoms with van der Waals surface area (Å²) in [6.45, 7) is 1.83. The third kappa shape index (κ3) is 3.69. The number of carbonyl (C=O) groups is 2. The van der Waals surface area contributed by atoms with Crippen molar-refractivity contribution in [2.75, 3.05) is 17.7 Å². The van der Waals surface area contributed by atoms with Crippen LogP contribution in [0.2, 0.25) is 0 Å². The fourth-order valence-electron chi connectivity index (χ4n) is 1.62. The molecule has 0 saturated carbocycles. The lowest BCUT2D eigenvalue weighted by molar-refractivity contribution is 0.0693. The van der Waals surface area contributed by atoms with Gasteiger partial charge in [-0.25, -0.2) is 14.6 Å². The molecule has 0 aliphatic rings. The monoisotopic (exact) mass is 307 g/mol. The van der Waals surface area contributed by atoms with Crippen molar-refractivity contribution in [3.05, 3.63) is 34.8 Å². The summed E-state index contributed by atoms with van der Waals surface area (Å²) in [6.07, 6.45) is 0. The Kier molecular flexibility index (Phi) is 4.39. The highest BCUT2D eigenvalue weighted by molar-refractivity contribution is 7.13. The van der Waals surface area contributed by atoms with Gasteiger partial charge in [-0.15, -0.1) is 11.3 Å². The Labute approximate surface area is 124 Å². The first kappa shape index (κ1) is 14.8. The van der Waals surface area contributed by atoms with Crippen LogP contribution in [0.3, 0.4) is 0 Å². The van der Waals surface area contributed by atoms with Gasteiger partial charge in [-0.1, -0.05) is 0 Å². The Morgan fingerprint density at radius 1 is 1.33 bits per heavy atom. The maximum atomic E-state index is 11.8. The predicted molar refractivity (Wildman–Crippen MR) is 79.4 cm³/mol. The van der Waals surface area contributed by atoms with Crippen molar-refractivity contribution < 1.29 is 19.4 Å². The Morgan fingerprint density at radius 2 is 2.10 bits per heavy atom. The number of benzene rings is 1. The van der Waals surface area contributed by atoms with Gasteiger partial charge in [0.05, 0.1) is 12.8 Å². The number of methoxy groups -OCH3 is 1. The number of amides is 2. The van der Waals surface area contributed by atoms with E-state index in [0.717, 1.165) is 5.69 Å². The van der Waals surface area contributed by atoms with Crippen LogP contribution >= 0.6 is 11.3 Å². The lowest BCUT2D eigenvalue weighted by Crippen LogP contribution is -2.19. The van der Waals surface area contributed by atoms with Crippen LogP contribution in [-0.2, 0) is 0 Å². The number of nitrogens with one attached hydrogen (secondary N) is 2. The maximum absolute atomic E-state index is 11.8. The van der Waals surface area contributed by atoms with Crippen LogP contribution in [0.4, 0.5) is 15.6 Å². The minimum Gasteiger partial charge on any atom is -0.496 e. The van der Waals surface area contributed by atoms with Gasteiger partial charge in [-0.05, 0) is 19.1 Å². The zero-order valence-electron chi connectivity index (χ0n) is 11.3. The topological polar surface area (TPSA) is 101 Å². The number of carbonyl (C=O) groups excluding carboxylic acids is 1. The largest absolute Gasteiger partial charge is 0.496 e. The van der Waals surface area contributed by atoms with Gasteiger partial charge < -0.3 is 15.2 Å². The van der Waals surface area contributed by atoms with Crippen LogP contribution in [0.1, 0.15) is 16.1 Å². The molecule has 0 fully saturated rings. The number of aromatic carboxylic acids is 1. The maximum Gasteiger partial charge on any atom is 0.339 e. The summed E-state index contributed by atoms with van der Waals surface area (Å²) in [4.78, 5) is 26.9. The van der Waals surface area contributed by atoms with Crippen LogP contribution in [-0.4, -0.2) is 29.2 Å². The van der Waals surface area contributed by atoms with E-state index in [1.165, 1.54) is 36.6 Å². The molecule has 2 amide bonds. The number of nitrogens with zero attached hydrogens (tertiary/aromatic N) is 1. The van der Waals surface area contributed by atoms with Crippen molar-refractivity contribution in [3.63, 3.8) is 0 Å². The average Bonchev–Trinajstić information content (AvgIpc) is 2.83. The third-order valence-corrected chi connectivity index (χ3v) is 3.40. The molecule has 7 nitrogen and oxygen atoms in total. The molecule has 0 bridgehead atoms. The molecule has 8 heteroatoms. The summed E-state index contributed by atoms with van der Waals surface area (Å²) in [7, 11) is 1.37. The first-order valence-electron chi connectivity index (χ1n) is 5.91. The van der Waals surface area contributed by atoms with E-state index in [9.17, 15) is 9.59 Å². The number of aryl methyl sites for hydroxylation is 1. The van der Waals surface area contributed by atoms with Gasteiger partial charge >= 0.3 is 12.0 Å². The molecule has 1 heterocycles. The first-order valence-corrected chi connectivity index (χ1v) is 6.79. The minimum atomic E-state index is -1.10. The quantitative estimate of drug-likeness (QED) is 0.806. The lowest BCUT2D eigenvalue weighted by atomic mass is 10.2. The number of ether oxygens (including phenoxy) is 1. The molecule has 0 aliphatic carbocycles. The standard InChI is InChI=1S/C13H13N3O4S/c1-7-6-21-13(14-7)16-12(19)15-8-3-4-9(11(17)18)10(5-8)20-2/h3-6H,1-2H3,(H,17,18)(H2,14,15,16,19). The number of aromatic nitrogens is 1. The number of hydrogen-bond donors (Lipinski definition) is 3. The van der Waals surface area contributed by atoms with Crippen LogP contribution in [0.15, 0.2) is 23.6 Å². The van der Waals surface area contributed by atoms with Crippen molar-refractivity contribution in [3.8, 4) is 5.75 Å². The SMILES string of the molecule is COc1cc(NC(=O)Nc2nc(C)cs2)ccc1C(=O)O.